The zero-order valence-corrected chi connectivity index (χ0v) is 13.4. The molecular weight excluding hydrogens is 320 g/mol. The molecule has 0 aliphatic carbocycles. The van der Waals surface area contributed by atoms with E-state index in [9.17, 15) is 10.1 Å². The molecular formula is C17H16N6O2. The molecule has 8 nitrogen and oxygen atoms in total. The van der Waals surface area contributed by atoms with Crippen LogP contribution in [0.15, 0.2) is 60.9 Å². The van der Waals surface area contributed by atoms with Crippen molar-refractivity contribution in [3.63, 3.8) is 0 Å². The van der Waals surface area contributed by atoms with E-state index in [2.05, 4.69) is 26.1 Å². The number of nitrogens with zero attached hydrogens (tertiary/aromatic N) is 3. The molecule has 3 N–H and O–H groups in total. The van der Waals surface area contributed by atoms with Crippen molar-refractivity contribution >= 4 is 28.7 Å². The Morgan fingerprint density at radius 2 is 1.56 bits per heavy atom. The molecule has 0 amide bonds. The highest BCUT2D eigenvalue weighted by atomic mass is 16.6. The van der Waals surface area contributed by atoms with E-state index < -0.39 is 4.92 Å². The summed E-state index contributed by atoms with van der Waals surface area (Å²) in [5.74, 6) is 0.180. The monoisotopic (exact) mass is 336 g/mol. The maximum atomic E-state index is 11.5. The Balaban J connectivity index is 1.86. The molecule has 0 radical (unpaired) electrons. The Bertz CT molecular complexity index is 868. The Morgan fingerprint density at radius 1 is 0.880 bits per heavy atom. The van der Waals surface area contributed by atoms with Gasteiger partial charge in [-0.05, 0) is 31.2 Å². The average molecular weight is 336 g/mol. The minimum absolute atomic E-state index is 0.0680. The second kappa shape index (κ2) is 7.26. The topological polar surface area (TPSA) is 105 Å². The Morgan fingerprint density at radius 3 is 2.24 bits per heavy atom. The summed E-state index contributed by atoms with van der Waals surface area (Å²) in [5.41, 5.74) is 7.95. The fourth-order valence-electron chi connectivity index (χ4n) is 2.16. The van der Waals surface area contributed by atoms with Gasteiger partial charge in [-0.1, -0.05) is 35.9 Å². The van der Waals surface area contributed by atoms with Crippen molar-refractivity contribution in [2.24, 2.45) is 0 Å². The summed E-state index contributed by atoms with van der Waals surface area (Å²) >= 11 is 0. The second-order valence-corrected chi connectivity index (χ2v) is 5.28. The van der Waals surface area contributed by atoms with Gasteiger partial charge in [-0.15, -0.1) is 0 Å². The predicted octanol–water partition coefficient (Wildman–Crippen LogP) is 3.88. The van der Waals surface area contributed by atoms with E-state index in [1.807, 2.05) is 61.5 Å². The molecule has 1 aromatic heterocycles. The number of nitro groups is 1. The SMILES string of the molecule is Cc1ccc(Nc2ncnc(NNc3ccccc3)c2[N+](=O)[O-])cc1. The quantitative estimate of drug-likeness (QED) is 0.463. The molecule has 126 valence electrons. The highest BCUT2D eigenvalue weighted by molar-refractivity contribution is 5.74. The Kier molecular flexibility index (Phi) is 4.70. The lowest BCUT2D eigenvalue weighted by molar-refractivity contribution is -0.383. The van der Waals surface area contributed by atoms with Gasteiger partial charge in [0.05, 0.1) is 10.6 Å². The minimum atomic E-state index is -0.522. The van der Waals surface area contributed by atoms with Crippen LogP contribution in [-0.2, 0) is 0 Å². The number of benzene rings is 2. The summed E-state index contributed by atoms with van der Waals surface area (Å²) in [4.78, 5) is 19.0. The molecule has 8 heteroatoms. The number of nitrogens with one attached hydrogen (secondary N) is 3. The Labute approximate surface area is 144 Å². The molecule has 3 rings (SSSR count). The van der Waals surface area contributed by atoms with Crippen LogP contribution >= 0.6 is 0 Å². The molecule has 3 aromatic rings. The third kappa shape index (κ3) is 3.99. The van der Waals surface area contributed by atoms with E-state index in [1.165, 1.54) is 6.33 Å². The number of para-hydroxylation sites is 1. The van der Waals surface area contributed by atoms with Crippen LogP contribution in [0.3, 0.4) is 0 Å². The number of hydrogen-bond donors (Lipinski definition) is 3. The molecule has 0 spiro atoms. The molecule has 0 aliphatic rings. The zero-order valence-electron chi connectivity index (χ0n) is 13.4. The van der Waals surface area contributed by atoms with Gasteiger partial charge in [-0.2, -0.15) is 0 Å². The van der Waals surface area contributed by atoms with Crippen molar-refractivity contribution in [1.29, 1.82) is 0 Å². The largest absolute Gasteiger partial charge is 0.355 e. The van der Waals surface area contributed by atoms with Crippen LogP contribution in [-0.4, -0.2) is 14.9 Å². The fourth-order valence-corrected chi connectivity index (χ4v) is 2.16. The molecule has 0 aliphatic heterocycles. The van der Waals surface area contributed by atoms with Crippen LogP contribution in [0, 0.1) is 17.0 Å². The van der Waals surface area contributed by atoms with E-state index in [-0.39, 0.29) is 17.3 Å². The zero-order chi connectivity index (χ0) is 17.6. The van der Waals surface area contributed by atoms with E-state index in [4.69, 9.17) is 0 Å². The molecule has 0 fully saturated rings. The van der Waals surface area contributed by atoms with Crippen LogP contribution in [0.1, 0.15) is 5.56 Å². The summed E-state index contributed by atoms with van der Waals surface area (Å²) in [7, 11) is 0. The van der Waals surface area contributed by atoms with Crippen LogP contribution < -0.4 is 16.2 Å². The fraction of sp³-hybridized carbons (Fsp3) is 0.0588. The standard InChI is InChI=1S/C17H16N6O2/c1-12-7-9-13(10-8-12)20-16-15(23(24)25)17(19-11-18-16)22-21-14-5-3-2-4-6-14/h2-11,21H,1H3,(H2,18,19,20,22). The number of rotatable bonds is 6. The number of hydrogen-bond acceptors (Lipinski definition) is 7. The van der Waals surface area contributed by atoms with E-state index in [0.29, 0.717) is 5.69 Å². The lowest BCUT2D eigenvalue weighted by atomic mass is 10.2. The molecule has 0 saturated heterocycles. The highest BCUT2D eigenvalue weighted by Crippen LogP contribution is 2.31. The van der Waals surface area contributed by atoms with Crippen molar-refractivity contribution < 1.29 is 4.92 Å². The van der Waals surface area contributed by atoms with Gasteiger partial charge in [-0.25, -0.2) is 9.97 Å². The molecule has 2 aromatic carbocycles. The molecule has 0 saturated carbocycles. The molecule has 25 heavy (non-hydrogen) atoms. The normalized spacial score (nSPS) is 10.1. The van der Waals surface area contributed by atoms with Crippen LogP contribution in [0.2, 0.25) is 0 Å². The van der Waals surface area contributed by atoms with E-state index >= 15 is 0 Å². The molecule has 0 atom stereocenters. The van der Waals surface area contributed by atoms with Crippen LogP contribution in [0.25, 0.3) is 0 Å². The number of aromatic nitrogens is 2. The first kappa shape index (κ1) is 16.2. The van der Waals surface area contributed by atoms with Gasteiger partial charge in [0.25, 0.3) is 0 Å². The Hall–Kier alpha value is -3.68. The summed E-state index contributed by atoms with van der Waals surface area (Å²) in [5, 5.41) is 14.5. The third-order valence-electron chi connectivity index (χ3n) is 3.42. The third-order valence-corrected chi connectivity index (χ3v) is 3.42. The summed E-state index contributed by atoms with van der Waals surface area (Å²) in [6.07, 6.45) is 1.26. The van der Waals surface area contributed by atoms with Gasteiger partial charge in [0, 0.05) is 5.69 Å². The number of anilines is 4. The second-order valence-electron chi connectivity index (χ2n) is 5.28. The van der Waals surface area contributed by atoms with Gasteiger partial charge >= 0.3 is 5.69 Å². The average Bonchev–Trinajstić information content (AvgIpc) is 2.62. The maximum absolute atomic E-state index is 11.5. The van der Waals surface area contributed by atoms with Crippen molar-refractivity contribution in [1.82, 2.24) is 9.97 Å². The molecule has 1 heterocycles. The molecule has 0 bridgehead atoms. The minimum Gasteiger partial charge on any atom is -0.334 e. The highest BCUT2D eigenvalue weighted by Gasteiger charge is 2.23. The van der Waals surface area contributed by atoms with Crippen molar-refractivity contribution in [2.45, 2.75) is 6.92 Å². The first-order valence-electron chi connectivity index (χ1n) is 7.53. The van der Waals surface area contributed by atoms with Gasteiger partial charge in [-0.3, -0.25) is 21.0 Å². The lowest BCUT2D eigenvalue weighted by Gasteiger charge is -2.11. The summed E-state index contributed by atoms with van der Waals surface area (Å²) in [6.45, 7) is 1.97. The first-order chi connectivity index (χ1) is 12.1. The van der Waals surface area contributed by atoms with Crippen LogP contribution in [0.5, 0.6) is 0 Å². The van der Waals surface area contributed by atoms with E-state index in [1.54, 1.807) is 0 Å². The van der Waals surface area contributed by atoms with Crippen LogP contribution in [0.4, 0.5) is 28.7 Å². The van der Waals surface area contributed by atoms with Gasteiger partial charge < -0.3 is 5.32 Å². The summed E-state index contributed by atoms with van der Waals surface area (Å²) < 4.78 is 0. The van der Waals surface area contributed by atoms with E-state index in [0.717, 1.165) is 11.3 Å². The smallest absolute Gasteiger partial charge is 0.334 e. The van der Waals surface area contributed by atoms with Gasteiger partial charge in [0.15, 0.2) is 0 Å². The summed E-state index contributed by atoms with van der Waals surface area (Å²) in [6, 6.07) is 16.7. The predicted molar refractivity (Wildman–Crippen MR) is 96.8 cm³/mol. The van der Waals surface area contributed by atoms with Crippen molar-refractivity contribution in [2.75, 3.05) is 16.2 Å². The molecule has 0 unspecified atom stereocenters. The number of aryl methyl sites for hydroxylation is 1. The van der Waals surface area contributed by atoms with Gasteiger partial charge in [0.2, 0.25) is 11.6 Å². The maximum Gasteiger partial charge on any atom is 0.355 e. The first-order valence-corrected chi connectivity index (χ1v) is 7.53. The number of hydrazine groups is 1. The van der Waals surface area contributed by atoms with Crippen molar-refractivity contribution in [3.8, 4) is 0 Å². The van der Waals surface area contributed by atoms with Gasteiger partial charge in [0.1, 0.15) is 6.33 Å². The van der Waals surface area contributed by atoms with Crippen molar-refractivity contribution in [3.05, 3.63) is 76.6 Å². The lowest BCUT2D eigenvalue weighted by Crippen LogP contribution is -2.13.